The zero-order valence-electron chi connectivity index (χ0n) is 17.3. The Morgan fingerprint density at radius 1 is 1.07 bits per heavy atom. The van der Waals surface area contributed by atoms with Gasteiger partial charge in [-0.05, 0) is 54.5 Å². The van der Waals surface area contributed by atoms with Gasteiger partial charge in [0.2, 0.25) is 11.8 Å². The van der Waals surface area contributed by atoms with Crippen molar-refractivity contribution in [2.45, 2.75) is 39.0 Å². The van der Waals surface area contributed by atoms with Gasteiger partial charge in [-0.3, -0.25) is 9.59 Å². The lowest BCUT2D eigenvalue weighted by Gasteiger charge is -2.41. The van der Waals surface area contributed by atoms with Crippen LogP contribution in [-0.4, -0.2) is 36.9 Å². The number of amides is 2. The van der Waals surface area contributed by atoms with Crippen LogP contribution in [0.3, 0.4) is 0 Å². The normalized spacial score (nSPS) is 19.0. The van der Waals surface area contributed by atoms with Gasteiger partial charge in [-0.1, -0.05) is 43.3 Å². The fourth-order valence-corrected chi connectivity index (χ4v) is 4.14. The first-order chi connectivity index (χ1) is 14.0. The topological polar surface area (TPSA) is 72.6 Å². The average molecular weight is 395 g/mol. The Labute approximate surface area is 172 Å². The van der Waals surface area contributed by atoms with Crippen molar-refractivity contribution in [2.75, 3.05) is 20.2 Å². The van der Waals surface area contributed by atoms with Crippen LogP contribution in [-0.2, 0) is 16.0 Å². The minimum atomic E-state index is -0.691. The van der Waals surface area contributed by atoms with E-state index in [0.717, 1.165) is 41.7 Å². The van der Waals surface area contributed by atoms with E-state index in [1.54, 1.807) is 7.11 Å². The van der Waals surface area contributed by atoms with Gasteiger partial charge in [-0.15, -0.1) is 0 Å². The highest BCUT2D eigenvalue weighted by Gasteiger charge is 2.42. The number of hydrogen-bond donors (Lipinski definition) is 1. The molecule has 3 rings (SSSR count). The Kier molecular flexibility index (Phi) is 6.57. The number of primary amides is 1. The van der Waals surface area contributed by atoms with Gasteiger partial charge in [0.05, 0.1) is 12.5 Å². The molecule has 2 aromatic rings. The molecule has 154 valence electrons. The molecule has 5 heteroatoms. The van der Waals surface area contributed by atoms with Gasteiger partial charge in [0, 0.05) is 19.5 Å². The summed E-state index contributed by atoms with van der Waals surface area (Å²) in [5, 5.41) is 0. The van der Waals surface area contributed by atoms with E-state index in [-0.39, 0.29) is 11.8 Å². The third-order valence-corrected chi connectivity index (χ3v) is 5.84. The molecular formula is C24H30N2O3. The maximum atomic E-state index is 12.4. The van der Waals surface area contributed by atoms with Crippen molar-refractivity contribution < 1.29 is 14.3 Å². The van der Waals surface area contributed by atoms with Crippen LogP contribution in [0.2, 0.25) is 0 Å². The molecule has 0 bridgehead atoms. The molecule has 1 heterocycles. The van der Waals surface area contributed by atoms with Crippen LogP contribution in [0, 0.1) is 5.41 Å². The first kappa shape index (κ1) is 20.9. The Morgan fingerprint density at radius 3 is 2.24 bits per heavy atom. The number of methoxy groups -OCH3 is 1. The third-order valence-electron chi connectivity index (χ3n) is 5.84. The largest absolute Gasteiger partial charge is 0.497 e. The minimum Gasteiger partial charge on any atom is -0.497 e. The molecule has 0 aromatic heterocycles. The minimum absolute atomic E-state index is 0.118. The van der Waals surface area contributed by atoms with Crippen LogP contribution in [0.25, 0.3) is 11.1 Å². The number of nitrogens with two attached hydrogens (primary N) is 1. The fourth-order valence-electron chi connectivity index (χ4n) is 4.14. The summed E-state index contributed by atoms with van der Waals surface area (Å²) in [5.74, 6) is 0.631. The van der Waals surface area contributed by atoms with Crippen molar-refractivity contribution in [2.24, 2.45) is 11.1 Å². The number of nitrogens with zero attached hydrogens (tertiary/aromatic N) is 1. The number of carbonyl (C=O) groups excluding carboxylic acids is 2. The number of carbonyl (C=O) groups is 2. The molecule has 1 aliphatic heterocycles. The van der Waals surface area contributed by atoms with Gasteiger partial charge in [-0.25, -0.2) is 0 Å². The van der Waals surface area contributed by atoms with E-state index in [2.05, 4.69) is 24.3 Å². The van der Waals surface area contributed by atoms with E-state index in [9.17, 15) is 9.59 Å². The standard InChI is InChI=1S/C24H30N2O3/c1-3-5-22(27)26-15-4-14-24(17-26,23(25)28)16-18-6-8-19(9-7-18)20-10-12-21(29-2)13-11-20/h6-13H,3-5,14-17H2,1-2H3,(H2,25,28)/t24-/m1/s1. The number of benzene rings is 2. The summed E-state index contributed by atoms with van der Waals surface area (Å²) in [6.45, 7) is 3.12. The zero-order chi connectivity index (χ0) is 20.9. The number of piperidine rings is 1. The first-order valence-electron chi connectivity index (χ1n) is 10.3. The molecule has 29 heavy (non-hydrogen) atoms. The second kappa shape index (κ2) is 9.12. The van der Waals surface area contributed by atoms with Gasteiger partial charge in [0.25, 0.3) is 0 Å². The molecular weight excluding hydrogens is 364 g/mol. The zero-order valence-corrected chi connectivity index (χ0v) is 17.3. The third kappa shape index (κ3) is 4.78. The van der Waals surface area contributed by atoms with Gasteiger partial charge >= 0.3 is 0 Å². The van der Waals surface area contributed by atoms with Crippen LogP contribution >= 0.6 is 0 Å². The molecule has 0 saturated carbocycles. The number of rotatable bonds is 7. The number of hydrogen-bond acceptors (Lipinski definition) is 3. The molecule has 1 saturated heterocycles. The summed E-state index contributed by atoms with van der Waals surface area (Å²) in [6.07, 6.45) is 3.42. The van der Waals surface area contributed by atoms with Crippen LogP contribution in [0.4, 0.5) is 0 Å². The molecule has 2 amide bonds. The van der Waals surface area contributed by atoms with Gasteiger partial charge in [0.15, 0.2) is 0 Å². The van der Waals surface area contributed by atoms with Crippen LogP contribution in [0.5, 0.6) is 5.75 Å². The van der Waals surface area contributed by atoms with Crippen molar-refractivity contribution in [3.05, 3.63) is 54.1 Å². The highest BCUT2D eigenvalue weighted by molar-refractivity contribution is 5.83. The molecule has 0 unspecified atom stereocenters. The summed E-state index contributed by atoms with van der Waals surface area (Å²) >= 11 is 0. The summed E-state index contributed by atoms with van der Waals surface area (Å²) < 4.78 is 5.21. The van der Waals surface area contributed by atoms with Gasteiger partial charge in [-0.2, -0.15) is 0 Å². The Hall–Kier alpha value is -2.82. The summed E-state index contributed by atoms with van der Waals surface area (Å²) in [6, 6.07) is 16.2. The molecule has 1 atom stereocenters. The van der Waals surface area contributed by atoms with Crippen LogP contribution < -0.4 is 10.5 Å². The van der Waals surface area contributed by atoms with Crippen LogP contribution in [0.1, 0.15) is 38.2 Å². The Bertz CT molecular complexity index is 845. The highest BCUT2D eigenvalue weighted by atomic mass is 16.5. The van der Waals surface area contributed by atoms with E-state index >= 15 is 0 Å². The molecule has 0 spiro atoms. The molecule has 1 aliphatic rings. The van der Waals surface area contributed by atoms with Crippen LogP contribution in [0.15, 0.2) is 48.5 Å². The van der Waals surface area contributed by atoms with Crippen molar-refractivity contribution in [3.8, 4) is 16.9 Å². The first-order valence-corrected chi connectivity index (χ1v) is 10.3. The van der Waals surface area contributed by atoms with E-state index in [1.807, 2.05) is 36.1 Å². The highest BCUT2D eigenvalue weighted by Crippen LogP contribution is 2.34. The lowest BCUT2D eigenvalue weighted by molar-refractivity contribution is -0.140. The second-order valence-corrected chi connectivity index (χ2v) is 7.92. The molecule has 5 nitrogen and oxygen atoms in total. The van der Waals surface area contributed by atoms with Crippen molar-refractivity contribution in [3.63, 3.8) is 0 Å². The molecule has 0 radical (unpaired) electrons. The predicted molar refractivity (Wildman–Crippen MR) is 114 cm³/mol. The van der Waals surface area contributed by atoms with Gasteiger partial charge < -0.3 is 15.4 Å². The molecule has 1 fully saturated rings. The second-order valence-electron chi connectivity index (χ2n) is 7.92. The molecule has 2 N–H and O–H groups in total. The number of ether oxygens (including phenoxy) is 1. The maximum absolute atomic E-state index is 12.4. The predicted octanol–water partition coefficient (Wildman–Crippen LogP) is 3.80. The van der Waals surface area contributed by atoms with Crippen molar-refractivity contribution in [1.29, 1.82) is 0 Å². The summed E-state index contributed by atoms with van der Waals surface area (Å²) in [5.41, 5.74) is 8.43. The van der Waals surface area contributed by atoms with E-state index in [4.69, 9.17) is 10.5 Å². The SMILES string of the molecule is CCCC(=O)N1CCC[C@](Cc2ccc(-c3ccc(OC)cc3)cc2)(C(N)=O)C1. The Morgan fingerprint density at radius 2 is 1.69 bits per heavy atom. The van der Waals surface area contributed by atoms with Crippen molar-refractivity contribution in [1.82, 2.24) is 4.90 Å². The maximum Gasteiger partial charge on any atom is 0.225 e. The lowest BCUT2D eigenvalue weighted by Crippen LogP contribution is -2.53. The quantitative estimate of drug-likeness (QED) is 0.776. The number of likely N-dealkylation sites (tertiary alicyclic amines) is 1. The molecule has 2 aromatic carbocycles. The Balaban J connectivity index is 1.76. The smallest absolute Gasteiger partial charge is 0.225 e. The molecule has 0 aliphatic carbocycles. The van der Waals surface area contributed by atoms with Gasteiger partial charge in [0.1, 0.15) is 5.75 Å². The average Bonchev–Trinajstić information content (AvgIpc) is 2.74. The van der Waals surface area contributed by atoms with Crippen molar-refractivity contribution >= 4 is 11.8 Å². The van der Waals surface area contributed by atoms with E-state index < -0.39 is 5.41 Å². The monoisotopic (exact) mass is 394 g/mol. The summed E-state index contributed by atoms with van der Waals surface area (Å²) in [7, 11) is 1.65. The fraction of sp³-hybridized carbons (Fsp3) is 0.417. The van der Waals surface area contributed by atoms with E-state index in [0.29, 0.717) is 25.9 Å². The summed E-state index contributed by atoms with van der Waals surface area (Å²) in [4.78, 5) is 26.6. The van der Waals surface area contributed by atoms with E-state index in [1.165, 1.54) is 0 Å². The lowest BCUT2D eigenvalue weighted by atomic mass is 9.74.